The van der Waals surface area contributed by atoms with Crippen LogP contribution in [0.15, 0.2) is 0 Å². The molecule has 0 aliphatic heterocycles. The molecule has 0 aliphatic rings. The van der Waals surface area contributed by atoms with Crippen molar-refractivity contribution < 1.29 is 57.2 Å². The van der Waals surface area contributed by atoms with Crippen LogP contribution in [0.5, 0.6) is 0 Å². The Morgan fingerprint density at radius 2 is 0.612 bits per heavy atom. The minimum Gasteiger partial charge on any atom is -0.455 e. The van der Waals surface area contributed by atoms with Crippen LogP contribution in [-0.4, -0.2) is 166 Å². The second-order valence-corrected chi connectivity index (χ2v) is 69.4. The molecule has 0 saturated heterocycles. The third-order valence-corrected chi connectivity index (χ3v) is 60.8. The lowest BCUT2D eigenvalue weighted by Gasteiger charge is -2.49. The van der Waals surface area contributed by atoms with Crippen LogP contribution < -0.4 is 0 Å². The fourth-order valence-electron chi connectivity index (χ4n) is 10.6. The van der Waals surface area contributed by atoms with Crippen LogP contribution in [0, 0.1) is 0 Å². The van der Waals surface area contributed by atoms with Crippen molar-refractivity contribution in [2.45, 2.75) is 210 Å². The summed E-state index contributed by atoms with van der Waals surface area (Å²) in [6.45, 7) is 36.0. The van der Waals surface area contributed by atoms with Crippen LogP contribution in [0.4, 0.5) is 0 Å². The molecule has 404 valence electrons. The molecule has 67 heavy (non-hydrogen) atoms. The van der Waals surface area contributed by atoms with Crippen molar-refractivity contribution in [2.24, 2.45) is 0 Å². The van der Waals surface area contributed by atoms with Gasteiger partial charge in [-0.15, -0.1) is 0 Å². The predicted octanol–water partition coefficient (Wildman–Crippen LogP) is 12.6. The molecule has 0 saturated carbocycles. The summed E-state index contributed by atoms with van der Waals surface area (Å²) in [6.07, 6.45) is 7.58. The van der Waals surface area contributed by atoms with Crippen molar-refractivity contribution in [1.29, 1.82) is 0 Å². The molecule has 0 aromatic rings. The van der Waals surface area contributed by atoms with E-state index >= 15 is 0 Å². The topological polar surface area (TPSA) is 120 Å². The first-order valence-corrected chi connectivity index (χ1v) is 53.6. The quantitative estimate of drug-likeness (QED) is 0.0426. The van der Waals surface area contributed by atoms with Gasteiger partial charge in [-0.05, 0) is 135 Å². The van der Waals surface area contributed by atoms with Gasteiger partial charge >= 0.3 is 26.4 Å². The molecule has 0 heterocycles. The largest absolute Gasteiger partial charge is 0.500 e. The Morgan fingerprint density at radius 3 is 0.896 bits per heavy atom. The summed E-state index contributed by atoms with van der Waals surface area (Å²) in [5, 5.41) is 0. The normalized spacial score (nSPS) is 14.9. The maximum absolute atomic E-state index is 7.29. The summed E-state index contributed by atoms with van der Waals surface area (Å²) in [5.41, 5.74) is 0.305. The van der Waals surface area contributed by atoms with E-state index in [-0.39, 0.29) is 0 Å². The zero-order valence-corrected chi connectivity index (χ0v) is 58.0. The second-order valence-electron chi connectivity index (χ2n) is 22.7. The molecule has 0 rings (SSSR count). The molecular weight excluding hydrogens is 1020 g/mol. The Morgan fingerprint density at radius 1 is 0.328 bits per heavy atom. The molecule has 0 fully saturated rings. The first-order chi connectivity index (χ1) is 30.9. The summed E-state index contributed by atoms with van der Waals surface area (Å²) < 4.78 is 80.0. The molecule has 0 bridgehead atoms. The van der Waals surface area contributed by atoms with Crippen molar-refractivity contribution in [1.82, 2.24) is 0 Å². The highest BCUT2D eigenvalue weighted by Gasteiger charge is 2.52. The van der Waals surface area contributed by atoms with Gasteiger partial charge in [-0.2, -0.15) is 0 Å². The van der Waals surface area contributed by atoms with Crippen LogP contribution in [-0.2, 0) is 57.2 Å². The van der Waals surface area contributed by atoms with E-state index < -0.39 is 83.2 Å². The monoisotopic (exact) mass is 1130 g/mol. The fraction of sp³-hybridized carbons (Fsp3) is 1.00. The molecular formula is C44H110O13Si10. The molecule has 0 aromatic carbocycles. The van der Waals surface area contributed by atoms with E-state index in [1.54, 1.807) is 64.0 Å². The zero-order valence-electron chi connectivity index (χ0n) is 48.0. The van der Waals surface area contributed by atoms with E-state index in [1.165, 1.54) is 43.1 Å². The molecule has 1 atom stereocenters. The predicted molar refractivity (Wildman–Crippen MR) is 305 cm³/mol. The average Bonchev–Trinajstić information content (AvgIpc) is 3.25. The van der Waals surface area contributed by atoms with E-state index in [1.807, 2.05) is 0 Å². The maximum Gasteiger partial charge on any atom is 0.500 e. The SMILES string of the molecule is CCCOC(C)[Si](CCC[Si](C)(C)O[Si](C)(C)CCC[Si](OC)(OC)OC)(CCC[Si](C)(C)O[Si](C)(C)CCC[Si](OC)(OC)OC)[Si](C)(C)CCCO[Si](C)(C)CCC[Si](OC)(OC)OC. The highest BCUT2D eigenvalue weighted by molar-refractivity contribution is 7.42. The minimum atomic E-state index is -2.60. The Hall–Kier alpha value is 1.65. The van der Waals surface area contributed by atoms with Gasteiger partial charge in [0, 0.05) is 109 Å². The smallest absolute Gasteiger partial charge is 0.455 e. The number of hydrogen-bond donors (Lipinski definition) is 0. The molecule has 0 N–H and O–H groups in total. The lowest BCUT2D eigenvalue weighted by atomic mass is 10.5. The van der Waals surface area contributed by atoms with E-state index in [0.717, 1.165) is 81.6 Å². The summed E-state index contributed by atoms with van der Waals surface area (Å²) in [6, 6.07) is 11.9. The molecule has 0 amide bonds. The molecule has 0 aromatic heterocycles. The van der Waals surface area contributed by atoms with E-state index in [9.17, 15) is 0 Å². The summed E-state index contributed by atoms with van der Waals surface area (Å²) in [5.74, 6) is 0. The van der Waals surface area contributed by atoms with Gasteiger partial charge in [0.05, 0.1) is 7.59 Å². The number of ether oxygens (including phenoxy) is 1. The Kier molecular flexibility index (Phi) is 32.3. The van der Waals surface area contributed by atoms with Crippen LogP contribution in [0.2, 0.25) is 145 Å². The van der Waals surface area contributed by atoms with Crippen molar-refractivity contribution >= 4 is 83.2 Å². The molecule has 0 spiro atoms. The van der Waals surface area contributed by atoms with Gasteiger partial charge in [-0.3, -0.25) is 0 Å². The molecule has 23 heteroatoms. The highest BCUT2D eigenvalue weighted by atomic mass is 29.3. The van der Waals surface area contributed by atoms with E-state index in [2.05, 4.69) is 92.4 Å². The third kappa shape index (κ3) is 24.7. The maximum atomic E-state index is 7.29. The van der Waals surface area contributed by atoms with Crippen LogP contribution in [0.25, 0.3) is 0 Å². The molecule has 0 radical (unpaired) electrons. The lowest BCUT2D eigenvalue weighted by Crippen LogP contribution is -2.66. The van der Waals surface area contributed by atoms with Gasteiger partial charge in [0.25, 0.3) is 0 Å². The second kappa shape index (κ2) is 31.5. The first-order valence-electron chi connectivity index (χ1n) is 25.6. The van der Waals surface area contributed by atoms with Gasteiger partial charge in [-0.1, -0.05) is 51.0 Å². The lowest BCUT2D eigenvalue weighted by molar-refractivity contribution is 0.112. The number of hydrogen-bond acceptors (Lipinski definition) is 13. The van der Waals surface area contributed by atoms with Crippen molar-refractivity contribution in [3.8, 4) is 0 Å². The molecule has 13 nitrogen and oxygen atoms in total. The van der Waals surface area contributed by atoms with Gasteiger partial charge in [0.1, 0.15) is 0 Å². The molecule has 1 unspecified atom stereocenters. The van der Waals surface area contributed by atoms with Gasteiger partial charge in [0.15, 0.2) is 41.6 Å². The van der Waals surface area contributed by atoms with Crippen LogP contribution >= 0.6 is 0 Å². The fourth-order valence-corrected chi connectivity index (χ4v) is 54.9. The molecule has 0 aliphatic carbocycles. The Labute approximate surface area is 424 Å². The Balaban J connectivity index is 6.48. The summed E-state index contributed by atoms with van der Waals surface area (Å²) >= 11 is 0. The standard InChI is InChI=1S/C44H110O13Si10/c1-24-31-54-44(2)64(39-26-34-59(14,15)56-61(18,19)36-29-42-66(48-6,49-7)50-8,40-27-35-60(16,17)57-62(20,21)37-30-43-67(51-9,52-10)53-11)63(22,23)38-25-32-55-58(12,13)33-28-41-65(45-3,46-4)47-5/h44H,24-43H2,1-23H3. The highest BCUT2D eigenvalue weighted by Crippen LogP contribution is 2.41. The third-order valence-electron chi connectivity index (χ3n) is 14.6. The van der Waals surface area contributed by atoms with E-state index in [4.69, 9.17) is 57.2 Å². The van der Waals surface area contributed by atoms with Crippen molar-refractivity contribution in [3.63, 3.8) is 0 Å². The number of rotatable bonds is 43. The summed E-state index contributed by atoms with van der Waals surface area (Å²) in [4.78, 5) is 0. The van der Waals surface area contributed by atoms with Gasteiger partial charge in [0.2, 0.25) is 0 Å². The zero-order chi connectivity index (χ0) is 51.9. The van der Waals surface area contributed by atoms with Gasteiger partial charge < -0.3 is 57.2 Å². The first kappa shape index (κ1) is 68.6. The van der Waals surface area contributed by atoms with Crippen molar-refractivity contribution in [2.75, 3.05) is 77.2 Å². The minimum absolute atomic E-state index is 0.305. The van der Waals surface area contributed by atoms with Crippen LogP contribution in [0.1, 0.15) is 58.8 Å². The van der Waals surface area contributed by atoms with Crippen molar-refractivity contribution in [3.05, 3.63) is 0 Å². The van der Waals surface area contributed by atoms with Gasteiger partial charge in [-0.25, -0.2) is 0 Å². The summed E-state index contributed by atoms with van der Waals surface area (Å²) in [7, 11) is -6.00. The van der Waals surface area contributed by atoms with Crippen LogP contribution in [0.3, 0.4) is 0 Å². The Bertz CT molecular complexity index is 1220. The average molecular weight is 1130 g/mol. The van der Waals surface area contributed by atoms with E-state index in [0.29, 0.717) is 5.73 Å².